The van der Waals surface area contributed by atoms with E-state index in [-0.39, 0.29) is 23.2 Å². The van der Waals surface area contributed by atoms with Crippen molar-refractivity contribution < 1.29 is 13.2 Å². The van der Waals surface area contributed by atoms with E-state index in [2.05, 4.69) is 0 Å². The van der Waals surface area contributed by atoms with E-state index in [4.69, 9.17) is 0 Å². The van der Waals surface area contributed by atoms with E-state index in [1.54, 1.807) is 6.92 Å². The molecule has 0 N–H and O–H groups in total. The molecule has 64 valence electrons. The lowest BCUT2D eigenvalue weighted by molar-refractivity contribution is -0.121. The predicted octanol–water partition coefficient (Wildman–Crippen LogP) is 0.400. The van der Waals surface area contributed by atoms with Gasteiger partial charge < -0.3 is 0 Å². The van der Waals surface area contributed by atoms with Gasteiger partial charge in [0.25, 0.3) is 0 Å². The second kappa shape index (κ2) is 2.93. The first-order valence-electron chi connectivity index (χ1n) is 3.74. The summed E-state index contributed by atoms with van der Waals surface area (Å²) < 4.78 is 22.1. The maximum atomic E-state index is 11.1. The first kappa shape index (κ1) is 8.71. The Morgan fingerprint density at radius 1 is 1.45 bits per heavy atom. The summed E-state index contributed by atoms with van der Waals surface area (Å²) >= 11 is 0. The summed E-state index contributed by atoms with van der Waals surface area (Å²) in [5.74, 6) is 0.0307. The van der Waals surface area contributed by atoms with Gasteiger partial charge in [0.05, 0.1) is 11.5 Å². The monoisotopic (exact) mass is 176 g/mol. The molecule has 1 atom stereocenters. The van der Waals surface area contributed by atoms with Crippen molar-refractivity contribution in [1.82, 2.24) is 0 Å². The predicted molar refractivity (Wildman–Crippen MR) is 42.1 cm³/mol. The Morgan fingerprint density at radius 2 is 2.09 bits per heavy atom. The molecular weight excluding hydrogens is 164 g/mol. The van der Waals surface area contributed by atoms with Gasteiger partial charge in [0.1, 0.15) is 5.78 Å². The molecule has 0 aromatic rings. The molecule has 1 saturated heterocycles. The summed E-state index contributed by atoms with van der Waals surface area (Å²) in [6, 6.07) is 0. The van der Waals surface area contributed by atoms with E-state index in [9.17, 15) is 13.2 Å². The molecule has 4 heteroatoms. The molecule has 0 saturated carbocycles. The van der Waals surface area contributed by atoms with Gasteiger partial charge in [-0.2, -0.15) is 0 Å². The SMILES string of the molecule is CC1CS(=O)(=O)CCCC1=O. The normalized spacial score (nSPS) is 31.4. The Labute approximate surface area is 66.7 Å². The van der Waals surface area contributed by atoms with Crippen molar-refractivity contribution in [2.24, 2.45) is 5.92 Å². The third-order valence-corrected chi connectivity index (χ3v) is 3.85. The number of hydrogen-bond donors (Lipinski definition) is 0. The fraction of sp³-hybridized carbons (Fsp3) is 0.857. The maximum Gasteiger partial charge on any atom is 0.151 e. The van der Waals surface area contributed by atoms with Gasteiger partial charge in [0, 0.05) is 12.3 Å². The molecule has 0 bridgehead atoms. The number of hydrogen-bond acceptors (Lipinski definition) is 3. The summed E-state index contributed by atoms with van der Waals surface area (Å²) in [5.41, 5.74) is 0. The van der Waals surface area contributed by atoms with Crippen LogP contribution in [0.1, 0.15) is 19.8 Å². The Hall–Kier alpha value is -0.380. The lowest BCUT2D eigenvalue weighted by atomic mass is 10.1. The van der Waals surface area contributed by atoms with Gasteiger partial charge in [0.15, 0.2) is 9.84 Å². The van der Waals surface area contributed by atoms with Crippen LogP contribution >= 0.6 is 0 Å². The first-order chi connectivity index (χ1) is 5.01. The van der Waals surface area contributed by atoms with Crippen molar-refractivity contribution in [3.63, 3.8) is 0 Å². The molecule has 1 unspecified atom stereocenters. The summed E-state index contributed by atoms with van der Waals surface area (Å²) in [6.07, 6.45) is 0.936. The zero-order chi connectivity index (χ0) is 8.48. The van der Waals surface area contributed by atoms with Crippen LogP contribution in [0.3, 0.4) is 0 Å². The van der Waals surface area contributed by atoms with Crippen LogP contribution in [0, 0.1) is 5.92 Å². The first-order valence-corrected chi connectivity index (χ1v) is 5.56. The number of Topliss-reactive ketones (excluding diaryl/α,β-unsaturated/α-hetero) is 1. The van der Waals surface area contributed by atoms with Crippen LogP contribution in [0.4, 0.5) is 0 Å². The average Bonchev–Trinajstić information content (AvgIpc) is 1.93. The molecule has 0 aromatic carbocycles. The Balaban J connectivity index is 2.79. The molecule has 0 radical (unpaired) electrons. The summed E-state index contributed by atoms with van der Waals surface area (Å²) in [4.78, 5) is 11.0. The highest BCUT2D eigenvalue weighted by Gasteiger charge is 2.24. The molecule has 1 aliphatic rings. The van der Waals surface area contributed by atoms with Gasteiger partial charge >= 0.3 is 0 Å². The van der Waals surface area contributed by atoms with E-state index >= 15 is 0 Å². The minimum atomic E-state index is -2.92. The van der Waals surface area contributed by atoms with Crippen LogP contribution in [0.25, 0.3) is 0 Å². The van der Waals surface area contributed by atoms with E-state index in [0.717, 1.165) is 0 Å². The molecule has 11 heavy (non-hydrogen) atoms. The quantitative estimate of drug-likeness (QED) is 0.537. The second-order valence-electron chi connectivity index (χ2n) is 3.09. The van der Waals surface area contributed by atoms with Gasteiger partial charge in [0.2, 0.25) is 0 Å². The number of carbonyl (C=O) groups excluding carboxylic acids is 1. The molecule has 0 spiro atoms. The van der Waals surface area contributed by atoms with Crippen molar-refractivity contribution in [2.75, 3.05) is 11.5 Å². The Morgan fingerprint density at radius 3 is 2.73 bits per heavy atom. The largest absolute Gasteiger partial charge is 0.299 e. The molecule has 0 aromatic heterocycles. The Bertz CT molecular complexity index is 253. The summed E-state index contributed by atoms with van der Waals surface area (Å²) in [5, 5.41) is 0. The lowest BCUT2D eigenvalue weighted by Gasteiger charge is -2.03. The topological polar surface area (TPSA) is 51.2 Å². The van der Waals surface area contributed by atoms with Crippen molar-refractivity contribution in [3.05, 3.63) is 0 Å². The van der Waals surface area contributed by atoms with Crippen LogP contribution in [-0.2, 0) is 14.6 Å². The van der Waals surface area contributed by atoms with E-state index < -0.39 is 9.84 Å². The third kappa shape index (κ3) is 2.29. The van der Waals surface area contributed by atoms with Crippen LogP contribution in [0.15, 0.2) is 0 Å². The van der Waals surface area contributed by atoms with Crippen LogP contribution in [-0.4, -0.2) is 25.7 Å². The average molecular weight is 176 g/mol. The molecule has 1 heterocycles. The van der Waals surface area contributed by atoms with E-state index in [0.29, 0.717) is 12.8 Å². The van der Waals surface area contributed by atoms with Crippen molar-refractivity contribution in [2.45, 2.75) is 19.8 Å². The number of carbonyl (C=O) groups is 1. The van der Waals surface area contributed by atoms with Crippen LogP contribution in [0.2, 0.25) is 0 Å². The van der Waals surface area contributed by atoms with Gasteiger partial charge in [-0.3, -0.25) is 4.79 Å². The van der Waals surface area contributed by atoms with Crippen molar-refractivity contribution in [1.29, 1.82) is 0 Å². The number of rotatable bonds is 0. The molecule has 3 nitrogen and oxygen atoms in total. The number of sulfone groups is 1. The highest BCUT2D eigenvalue weighted by Crippen LogP contribution is 2.13. The van der Waals surface area contributed by atoms with Gasteiger partial charge in [-0.1, -0.05) is 6.92 Å². The third-order valence-electron chi connectivity index (χ3n) is 1.93. The lowest BCUT2D eigenvalue weighted by Crippen LogP contribution is -2.18. The molecule has 1 aliphatic heterocycles. The zero-order valence-electron chi connectivity index (χ0n) is 6.54. The minimum absolute atomic E-state index is 0.0475. The molecule has 0 amide bonds. The minimum Gasteiger partial charge on any atom is -0.299 e. The van der Waals surface area contributed by atoms with Crippen LogP contribution in [0.5, 0.6) is 0 Å². The summed E-state index contributed by atoms with van der Waals surface area (Å²) in [6.45, 7) is 1.69. The fourth-order valence-corrected chi connectivity index (χ4v) is 2.97. The molecule has 1 rings (SSSR count). The fourth-order valence-electron chi connectivity index (χ4n) is 1.27. The van der Waals surface area contributed by atoms with Gasteiger partial charge in [-0.25, -0.2) is 8.42 Å². The van der Waals surface area contributed by atoms with E-state index in [1.165, 1.54) is 0 Å². The van der Waals surface area contributed by atoms with Crippen molar-refractivity contribution >= 4 is 15.6 Å². The number of ketones is 1. The van der Waals surface area contributed by atoms with Crippen LogP contribution < -0.4 is 0 Å². The smallest absolute Gasteiger partial charge is 0.151 e. The van der Waals surface area contributed by atoms with Crippen molar-refractivity contribution in [3.8, 4) is 0 Å². The molecule has 1 fully saturated rings. The van der Waals surface area contributed by atoms with Gasteiger partial charge in [-0.05, 0) is 6.42 Å². The standard InChI is InChI=1S/C7H12O3S/c1-6-5-11(9,10)4-2-3-7(6)8/h6H,2-5H2,1H3. The maximum absolute atomic E-state index is 11.1. The zero-order valence-corrected chi connectivity index (χ0v) is 7.36. The van der Waals surface area contributed by atoms with Gasteiger partial charge in [-0.15, -0.1) is 0 Å². The Kier molecular flexibility index (Phi) is 2.32. The highest BCUT2D eigenvalue weighted by atomic mass is 32.2. The highest BCUT2D eigenvalue weighted by molar-refractivity contribution is 7.91. The van der Waals surface area contributed by atoms with E-state index in [1.807, 2.05) is 0 Å². The molecular formula is C7H12O3S. The second-order valence-corrected chi connectivity index (χ2v) is 5.31. The summed E-state index contributed by atoms with van der Waals surface area (Å²) in [7, 11) is -2.92. The molecule has 0 aliphatic carbocycles.